The summed E-state index contributed by atoms with van der Waals surface area (Å²) in [5.41, 5.74) is 1.03. The molecule has 0 saturated carbocycles. The Hall–Kier alpha value is -2.37. The van der Waals surface area contributed by atoms with Crippen LogP contribution in [0, 0.1) is 5.82 Å². The predicted octanol–water partition coefficient (Wildman–Crippen LogP) is 2.13. The summed E-state index contributed by atoms with van der Waals surface area (Å²) in [6.45, 7) is 9.19. The van der Waals surface area contributed by atoms with Gasteiger partial charge in [0.25, 0.3) is 5.91 Å². The minimum Gasteiger partial charge on any atom is -0.379 e. The van der Waals surface area contributed by atoms with Crippen LogP contribution in [0.3, 0.4) is 0 Å². The quantitative estimate of drug-likeness (QED) is 0.550. The number of hydrogen-bond donors (Lipinski definition) is 1. The van der Waals surface area contributed by atoms with E-state index in [9.17, 15) is 14.0 Å². The molecule has 3 fully saturated rings. The number of rotatable bonds is 8. The summed E-state index contributed by atoms with van der Waals surface area (Å²) in [5.74, 6) is -0.264. The van der Waals surface area contributed by atoms with E-state index in [1.54, 1.807) is 0 Å². The van der Waals surface area contributed by atoms with Gasteiger partial charge in [-0.15, -0.1) is 11.3 Å². The maximum absolute atomic E-state index is 13.8. The van der Waals surface area contributed by atoms with Crippen LogP contribution in [-0.2, 0) is 16.1 Å². The van der Waals surface area contributed by atoms with Crippen LogP contribution in [-0.4, -0.2) is 116 Å². The zero-order valence-corrected chi connectivity index (χ0v) is 22.7. The van der Waals surface area contributed by atoms with Crippen LogP contribution in [0.1, 0.15) is 28.1 Å². The number of carbonyl (C=O) groups excluding carboxylic acids is 2. The van der Waals surface area contributed by atoms with Crippen LogP contribution >= 0.6 is 11.3 Å². The zero-order valence-electron chi connectivity index (χ0n) is 21.9. The van der Waals surface area contributed by atoms with E-state index in [0.717, 1.165) is 64.5 Å². The van der Waals surface area contributed by atoms with Crippen LogP contribution in [0.2, 0.25) is 0 Å². The van der Waals surface area contributed by atoms with Crippen molar-refractivity contribution in [3.05, 3.63) is 58.0 Å². The van der Waals surface area contributed by atoms with E-state index in [1.165, 1.54) is 23.5 Å². The van der Waals surface area contributed by atoms with Crippen molar-refractivity contribution in [1.82, 2.24) is 24.9 Å². The average Bonchev–Trinajstić information content (AvgIpc) is 3.57. The predicted molar refractivity (Wildman–Crippen MR) is 146 cm³/mol. The highest BCUT2D eigenvalue weighted by atomic mass is 32.1. The van der Waals surface area contributed by atoms with E-state index in [4.69, 9.17) is 4.74 Å². The fraction of sp³-hybridized carbons (Fsp3) is 0.571. The van der Waals surface area contributed by atoms with Gasteiger partial charge in [0.05, 0.1) is 18.1 Å². The Kier molecular flexibility index (Phi) is 9.40. The molecule has 5 rings (SSSR count). The van der Waals surface area contributed by atoms with Crippen molar-refractivity contribution in [2.75, 3.05) is 72.1 Å². The monoisotopic (exact) mass is 543 g/mol. The topological polar surface area (TPSA) is 68.4 Å². The number of benzene rings is 1. The number of carbonyl (C=O) groups is 2. The smallest absolute Gasteiger partial charge is 0.264 e. The highest BCUT2D eigenvalue weighted by molar-refractivity contribution is 7.12. The van der Waals surface area contributed by atoms with E-state index in [1.807, 2.05) is 39.4 Å². The third-order valence-corrected chi connectivity index (χ3v) is 8.69. The van der Waals surface area contributed by atoms with Gasteiger partial charge in [-0.25, -0.2) is 4.39 Å². The average molecular weight is 544 g/mol. The molecule has 0 bridgehead atoms. The van der Waals surface area contributed by atoms with Crippen LogP contribution in [0.15, 0.2) is 41.8 Å². The summed E-state index contributed by atoms with van der Waals surface area (Å²) in [6.07, 6.45) is 1.52. The van der Waals surface area contributed by atoms with Gasteiger partial charge in [-0.05, 0) is 48.5 Å². The summed E-state index contributed by atoms with van der Waals surface area (Å²) in [4.78, 5) is 36.6. The number of hydrogen-bond acceptors (Lipinski definition) is 7. The molecule has 3 aliphatic heterocycles. The van der Waals surface area contributed by atoms with Gasteiger partial charge in [0.15, 0.2) is 0 Å². The minimum atomic E-state index is -0.480. The van der Waals surface area contributed by atoms with E-state index < -0.39 is 6.04 Å². The Balaban J connectivity index is 1.37. The van der Waals surface area contributed by atoms with Gasteiger partial charge >= 0.3 is 0 Å². The van der Waals surface area contributed by atoms with Crippen molar-refractivity contribution in [2.24, 2.45) is 0 Å². The molecule has 0 aliphatic carbocycles. The second kappa shape index (κ2) is 13.1. The third-order valence-electron chi connectivity index (χ3n) is 7.83. The summed E-state index contributed by atoms with van der Waals surface area (Å²) < 4.78 is 19.1. The number of nitrogens with one attached hydrogen (secondary N) is 1. The third kappa shape index (κ3) is 6.79. The largest absolute Gasteiger partial charge is 0.379 e. The maximum Gasteiger partial charge on any atom is 0.264 e. The first-order valence-corrected chi connectivity index (χ1v) is 14.6. The lowest BCUT2D eigenvalue weighted by molar-refractivity contribution is -0.135. The number of thiophene rings is 1. The highest BCUT2D eigenvalue weighted by Gasteiger charge is 2.43. The highest BCUT2D eigenvalue weighted by Crippen LogP contribution is 2.28. The summed E-state index contributed by atoms with van der Waals surface area (Å²) >= 11 is 1.42. The lowest BCUT2D eigenvalue weighted by Crippen LogP contribution is -2.48. The Morgan fingerprint density at radius 3 is 2.66 bits per heavy atom. The van der Waals surface area contributed by atoms with Gasteiger partial charge < -0.3 is 19.9 Å². The minimum absolute atomic E-state index is 0.0315. The fourth-order valence-corrected chi connectivity index (χ4v) is 6.34. The molecule has 0 spiro atoms. The van der Waals surface area contributed by atoms with Crippen molar-refractivity contribution < 1.29 is 18.7 Å². The van der Waals surface area contributed by atoms with Crippen LogP contribution in [0.4, 0.5) is 4.39 Å². The van der Waals surface area contributed by atoms with Gasteiger partial charge in [0.2, 0.25) is 5.91 Å². The molecule has 2 atom stereocenters. The number of amides is 2. The number of likely N-dealkylation sites (tertiary alicyclic amines) is 1. The van der Waals surface area contributed by atoms with E-state index in [2.05, 4.69) is 15.1 Å². The number of ether oxygens (including phenoxy) is 1. The SMILES string of the molecule is O=C(C1CC(N(CCN2CCOCC2)Cc2ccc(F)cc2)CN1C(=O)c1cccs1)N1CCCNCC1. The lowest BCUT2D eigenvalue weighted by atomic mass is 10.1. The summed E-state index contributed by atoms with van der Waals surface area (Å²) in [7, 11) is 0. The molecule has 38 heavy (non-hydrogen) atoms. The molecule has 2 unspecified atom stereocenters. The van der Waals surface area contributed by atoms with Gasteiger partial charge in [0.1, 0.15) is 11.9 Å². The Labute approximate surface area is 228 Å². The molecule has 4 heterocycles. The first-order valence-electron chi connectivity index (χ1n) is 13.7. The van der Waals surface area contributed by atoms with E-state index >= 15 is 0 Å². The second-order valence-electron chi connectivity index (χ2n) is 10.3. The van der Waals surface area contributed by atoms with Crippen molar-refractivity contribution in [3.8, 4) is 0 Å². The van der Waals surface area contributed by atoms with Crippen molar-refractivity contribution in [2.45, 2.75) is 31.5 Å². The molecule has 1 aromatic heterocycles. The molecular weight excluding hydrogens is 505 g/mol. The molecule has 2 aromatic rings. The fourth-order valence-electron chi connectivity index (χ4n) is 5.67. The van der Waals surface area contributed by atoms with Gasteiger partial charge in [0, 0.05) is 64.9 Å². The van der Waals surface area contributed by atoms with E-state index in [-0.39, 0.29) is 23.7 Å². The first kappa shape index (κ1) is 27.2. The van der Waals surface area contributed by atoms with Crippen LogP contribution < -0.4 is 5.32 Å². The van der Waals surface area contributed by atoms with Gasteiger partial charge in [-0.1, -0.05) is 18.2 Å². The number of morpholine rings is 1. The molecule has 0 radical (unpaired) electrons. The van der Waals surface area contributed by atoms with Gasteiger partial charge in [-0.2, -0.15) is 0 Å². The molecule has 1 N–H and O–H groups in total. The maximum atomic E-state index is 13.8. The summed E-state index contributed by atoms with van der Waals surface area (Å²) in [6, 6.07) is 9.92. The zero-order chi connectivity index (χ0) is 26.3. The van der Waals surface area contributed by atoms with Crippen LogP contribution in [0.25, 0.3) is 0 Å². The standard InChI is InChI=1S/C28H38FN5O3S/c29-23-6-4-22(5-7-23)20-33(13-12-31-14-16-37-17-15-31)24-19-25(27(35)32-10-2-8-30-9-11-32)34(21-24)28(36)26-3-1-18-38-26/h1,3-7,18,24-25,30H,2,8-17,19-21H2. The van der Waals surface area contributed by atoms with E-state index in [0.29, 0.717) is 37.5 Å². The number of nitrogens with zero attached hydrogens (tertiary/aromatic N) is 4. The first-order chi connectivity index (χ1) is 18.6. The molecule has 10 heteroatoms. The molecule has 3 aliphatic rings. The van der Waals surface area contributed by atoms with Crippen molar-refractivity contribution in [3.63, 3.8) is 0 Å². The summed E-state index contributed by atoms with van der Waals surface area (Å²) in [5, 5.41) is 5.27. The molecule has 206 valence electrons. The molecule has 1 aromatic carbocycles. The molecule has 8 nitrogen and oxygen atoms in total. The van der Waals surface area contributed by atoms with Crippen molar-refractivity contribution >= 4 is 23.2 Å². The number of halogens is 1. The molecule has 2 amide bonds. The Morgan fingerprint density at radius 2 is 1.89 bits per heavy atom. The molecular formula is C28H38FN5O3S. The Bertz CT molecular complexity index is 1040. The normalized spacial score (nSPS) is 23.1. The molecule has 3 saturated heterocycles. The van der Waals surface area contributed by atoms with Crippen molar-refractivity contribution in [1.29, 1.82) is 0 Å². The lowest BCUT2D eigenvalue weighted by Gasteiger charge is -2.33. The van der Waals surface area contributed by atoms with Crippen LogP contribution in [0.5, 0.6) is 0 Å². The van der Waals surface area contributed by atoms with Gasteiger partial charge in [-0.3, -0.25) is 19.4 Å². The second-order valence-corrected chi connectivity index (χ2v) is 11.3. The Morgan fingerprint density at radius 1 is 1.08 bits per heavy atom.